The topological polar surface area (TPSA) is 154 Å². The lowest BCUT2D eigenvalue weighted by Gasteiger charge is -1.90. The first kappa shape index (κ1) is 16.7. The van der Waals surface area contributed by atoms with Gasteiger partial charge in [0.1, 0.15) is 0 Å². The summed E-state index contributed by atoms with van der Waals surface area (Å²) in [5, 5.41) is 0. The molecule has 0 aromatic carbocycles. The molecular weight excluding hydrogens is 204 g/mol. The van der Waals surface area contributed by atoms with E-state index in [4.69, 9.17) is 9.11 Å². The van der Waals surface area contributed by atoms with Crippen molar-refractivity contribution in [3.63, 3.8) is 0 Å². The van der Waals surface area contributed by atoms with Crippen LogP contribution < -0.4 is 12.3 Å². The van der Waals surface area contributed by atoms with Crippen molar-refractivity contribution < 1.29 is 21.2 Å². The molecule has 2 atom stereocenters. The summed E-state index contributed by atoms with van der Waals surface area (Å²) in [7, 11) is -3.94. The van der Waals surface area contributed by atoms with Gasteiger partial charge in [-0.25, -0.2) is 0 Å². The van der Waals surface area contributed by atoms with Crippen LogP contribution in [0.5, 0.6) is 0 Å². The maximum absolute atomic E-state index is 9.79. The largest absolute Gasteiger partial charge is 0.344 e. The van der Waals surface area contributed by atoms with Crippen LogP contribution in [-0.4, -0.2) is 17.5 Å². The third-order valence-corrected chi connectivity index (χ3v) is 1.80. The van der Waals surface area contributed by atoms with Gasteiger partial charge in [0.2, 0.25) is 0 Å². The molecule has 0 spiro atoms. The molecule has 0 aliphatic carbocycles. The monoisotopic (exact) mass is 212 g/mol. The summed E-state index contributed by atoms with van der Waals surface area (Å²) in [6, 6.07) is 0. The highest BCUT2D eigenvalue weighted by Crippen LogP contribution is 1.87. The molecule has 0 radical (unpaired) electrons. The van der Waals surface area contributed by atoms with E-state index in [2.05, 4.69) is 14.8 Å². The summed E-state index contributed by atoms with van der Waals surface area (Å²) >= 11 is 0.905. The smallest absolute Gasteiger partial charge is 0.317 e. The molecule has 10 heavy (non-hydrogen) atoms. The molecule has 7 nitrogen and oxygen atoms in total. The Morgan fingerprint density at radius 1 is 1.50 bits per heavy atom. The van der Waals surface area contributed by atoms with Crippen molar-refractivity contribution in [3.8, 4) is 0 Å². The van der Waals surface area contributed by atoms with Gasteiger partial charge in [-0.1, -0.05) is 0 Å². The molecule has 0 aliphatic heterocycles. The van der Waals surface area contributed by atoms with Gasteiger partial charge in [-0.15, -0.1) is 3.63 Å². The molecule has 0 rings (SSSR count). The lowest BCUT2D eigenvalue weighted by atomic mass is 14.0. The summed E-state index contributed by atoms with van der Waals surface area (Å²) in [6.45, 7) is 0. The Morgan fingerprint density at radius 3 is 1.80 bits per heavy atom. The fourth-order valence-corrected chi connectivity index (χ4v) is 1.09. The molecule has 8 N–H and O–H groups in total. The second-order valence-electron chi connectivity index (χ2n) is 0.713. The van der Waals surface area contributed by atoms with Crippen LogP contribution in [0.25, 0.3) is 0 Å². The zero-order valence-corrected chi connectivity index (χ0v) is 7.21. The minimum Gasteiger partial charge on any atom is -0.344 e. The highest BCUT2D eigenvalue weighted by molar-refractivity contribution is 8.28. The minimum absolute atomic E-state index is 0. The maximum Gasteiger partial charge on any atom is 0.317 e. The van der Waals surface area contributed by atoms with Crippen molar-refractivity contribution in [1.82, 2.24) is 12.3 Å². The van der Waals surface area contributed by atoms with E-state index in [0.717, 1.165) is 0 Å². The van der Waals surface area contributed by atoms with Crippen LogP contribution in [0, 0.1) is 0 Å². The number of hydrogen-bond acceptors (Lipinski definition) is 6. The van der Waals surface area contributed by atoms with E-state index >= 15 is 0 Å². The van der Waals surface area contributed by atoms with Gasteiger partial charge in [0.05, 0.1) is 0 Å². The van der Waals surface area contributed by atoms with Crippen molar-refractivity contribution in [1.29, 1.82) is 0 Å². The van der Waals surface area contributed by atoms with E-state index < -0.39 is 20.4 Å². The van der Waals surface area contributed by atoms with Crippen molar-refractivity contribution in [2.75, 3.05) is 0 Å². The average molecular weight is 212 g/mol. The molecule has 66 valence electrons. The molecule has 0 amide bonds. The zero-order valence-electron chi connectivity index (χ0n) is 4.76. The van der Waals surface area contributed by atoms with E-state index in [1.165, 1.54) is 0 Å². The Hall–Kier alpha value is 0.320. The van der Waals surface area contributed by atoms with Crippen LogP contribution in [0.4, 0.5) is 0 Å². The summed E-state index contributed by atoms with van der Waals surface area (Å²) in [6.07, 6.45) is 0. The molecule has 0 aliphatic rings. The summed E-state index contributed by atoms with van der Waals surface area (Å²) in [5.41, 5.74) is 0. The first-order chi connectivity index (χ1) is 3.42. The Morgan fingerprint density at radius 2 is 1.80 bits per heavy atom. The van der Waals surface area contributed by atoms with Gasteiger partial charge in [-0.2, -0.15) is 8.42 Å². The van der Waals surface area contributed by atoms with Crippen LogP contribution in [0.15, 0.2) is 0 Å². The van der Waals surface area contributed by atoms with Crippen LogP contribution in [0.3, 0.4) is 0 Å². The molecule has 2 unspecified atom stereocenters. The van der Waals surface area contributed by atoms with Crippen molar-refractivity contribution >= 4 is 31.6 Å². The van der Waals surface area contributed by atoms with Crippen LogP contribution >= 0.6 is 0 Å². The van der Waals surface area contributed by atoms with E-state index in [1.807, 2.05) is 0 Å². The van der Waals surface area contributed by atoms with Crippen molar-refractivity contribution in [3.05, 3.63) is 0 Å². The van der Waals surface area contributed by atoms with Crippen LogP contribution in [0.2, 0.25) is 0 Å². The number of hydrogen-bond donors (Lipinski definition) is 4. The van der Waals surface area contributed by atoms with Gasteiger partial charge in [0.25, 0.3) is 9.05 Å². The lowest BCUT2D eigenvalue weighted by molar-refractivity contribution is 0.425. The van der Waals surface area contributed by atoms with E-state index in [-0.39, 0.29) is 12.3 Å². The van der Waals surface area contributed by atoms with Crippen molar-refractivity contribution in [2.24, 2.45) is 0 Å². The minimum atomic E-state index is -3.94. The molecule has 0 aromatic heterocycles. The predicted octanol–water partition coefficient (Wildman–Crippen LogP) is -0.402. The average Bonchev–Trinajstić information content (AvgIpc) is 1.21. The van der Waals surface area contributed by atoms with Crippen molar-refractivity contribution in [2.45, 2.75) is 0 Å². The highest BCUT2D eigenvalue weighted by Gasteiger charge is 2.02. The van der Waals surface area contributed by atoms with Gasteiger partial charge in [-0.05, 0) is 0 Å². The zero-order chi connectivity index (χ0) is 6.78. The van der Waals surface area contributed by atoms with Crippen LogP contribution in [0.1, 0.15) is 0 Å². The molecule has 0 heterocycles. The van der Waals surface area contributed by atoms with Gasteiger partial charge >= 0.3 is 11.4 Å². The Balaban J connectivity index is -0.000000245. The van der Waals surface area contributed by atoms with Gasteiger partial charge in [0, 0.05) is 11.2 Å². The molecule has 0 bridgehead atoms. The highest BCUT2D eigenvalue weighted by atomic mass is 32.9. The van der Waals surface area contributed by atoms with E-state index in [0.29, 0.717) is 0 Å². The fraction of sp³-hybridized carbons (Fsp3) is 0. The summed E-state index contributed by atoms with van der Waals surface area (Å²) < 4.78 is 38.3. The lowest BCUT2D eigenvalue weighted by Crippen LogP contribution is -2.03. The third-order valence-electron chi connectivity index (χ3n) is 0.144. The first-order valence-corrected chi connectivity index (χ1v) is 4.60. The van der Waals surface area contributed by atoms with E-state index in [9.17, 15) is 8.42 Å². The second-order valence-corrected chi connectivity index (χ2v) is 3.81. The number of rotatable bonds is 2. The maximum atomic E-state index is 9.79. The van der Waals surface area contributed by atoms with Gasteiger partial charge < -0.3 is 12.3 Å². The molecule has 0 saturated heterocycles. The molecular formula is H8N2O5S3. The predicted molar refractivity (Wildman–Crippen MR) is 40.0 cm³/mol. The van der Waals surface area contributed by atoms with E-state index in [1.54, 1.807) is 0 Å². The Kier molecular flexibility index (Phi) is 10.1. The first-order valence-electron chi connectivity index (χ1n) is 1.20. The summed E-state index contributed by atoms with van der Waals surface area (Å²) in [4.78, 5) is 0. The SMILES string of the molecule is N.N.O=S(O)OS(=O)(O)=S. The van der Waals surface area contributed by atoms with Gasteiger partial charge in [0.15, 0.2) is 0 Å². The van der Waals surface area contributed by atoms with Gasteiger partial charge in [-0.3, -0.25) is 9.11 Å². The normalized spacial score (nSPS) is 17.4. The molecule has 0 fully saturated rings. The standard InChI is InChI=1S/2H3N.H2O5S3/c;;1-7(2)5-8(3,4)6/h2*1H3;(H,1,2)(H,3,4,6). The second kappa shape index (κ2) is 6.06. The Labute approximate surface area is 65.5 Å². The quantitative estimate of drug-likeness (QED) is 0.450. The third kappa shape index (κ3) is 15.8. The summed E-state index contributed by atoms with van der Waals surface area (Å²) in [5.74, 6) is 0. The Bertz CT molecular complexity index is 181. The molecule has 0 aromatic rings. The van der Waals surface area contributed by atoms with Crippen LogP contribution in [-0.2, 0) is 35.2 Å². The molecule has 0 saturated carbocycles. The fourth-order valence-electron chi connectivity index (χ4n) is 0.0736. The molecule has 10 heteroatoms.